The molecule has 0 N–H and O–H groups in total. The first-order valence-corrected chi connectivity index (χ1v) is 10.8. The molecule has 0 radical (unpaired) electrons. The SMILES string of the molecule is COc1ccc(-n2c(SCc3ccc(F)cc3Cl)nnc2-c2ccccc2OC)cc1. The summed E-state index contributed by atoms with van der Waals surface area (Å²) in [4.78, 5) is 0. The van der Waals surface area contributed by atoms with Gasteiger partial charge in [0.15, 0.2) is 11.0 Å². The van der Waals surface area contributed by atoms with E-state index in [4.69, 9.17) is 21.1 Å². The van der Waals surface area contributed by atoms with Crippen LogP contribution >= 0.6 is 23.4 Å². The number of aromatic nitrogens is 3. The zero-order valence-corrected chi connectivity index (χ0v) is 18.5. The van der Waals surface area contributed by atoms with E-state index in [0.717, 1.165) is 22.6 Å². The Hall–Kier alpha value is -3.03. The van der Waals surface area contributed by atoms with Crippen LogP contribution in [0, 0.1) is 5.82 Å². The van der Waals surface area contributed by atoms with Crippen molar-refractivity contribution in [3.8, 4) is 28.6 Å². The lowest BCUT2D eigenvalue weighted by atomic mass is 10.2. The third-order valence-electron chi connectivity index (χ3n) is 4.68. The second-order valence-electron chi connectivity index (χ2n) is 6.56. The quantitative estimate of drug-likeness (QED) is 0.318. The van der Waals surface area contributed by atoms with Gasteiger partial charge in [0.05, 0.1) is 25.5 Å². The van der Waals surface area contributed by atoms with Crippen LogP contribution in [0.25, 0.3) is 17.1 Å². The van der Waals surface area contributed by atoms with E-state index in [0.29, 0.717) is 27.5 Å². The van der Waals surface area contributed by atoms with Gasteiger partial charge in [-0.1, -0.05) is 41.6 Å². The van der Waals surface area contributed by atoms with E-state index in [1.54, 1.807) is 20.3 Å². The third kappa shape index (κ3) is 4.52. The summed E-state index contributed by atoms with van der Waals surface area (Å²) in [6.07, 6.45) is 0. The molecule has 4 aromatic rings. The number of benzene rings is 3. The van der Waals surface area contributed by atoms with Gasteiger partial charge in [-0.15, -0.1) is 10.2 Å². The second-order valence-corrected chi connectivity index (χ2v) is 7.91. The minimum Gasteiger partial charge on any atom is -0.497 e. The number of halogens is 2. The number of ether oxygens (including phenoxy) is 2. The van der Waals surface area contributed by atoms with Gasteiger partial charge in [0.2, 0.25) is 0 Å². The number of nitrogens with zero attached hydrogens (tertiary/aromatic N) is 3. The van der Waals surface area contributed by atoms with Crippen molar-refractivity contribution in [1.82, 2.24) is 14.8 Å². The van der Waals surface area contributed by atoms with Gasteiger partial charge in [-0.05, 0) is 54.1 Å². The van der Waals surface area contributed by atoms with Gasteiger partial charge in [0.1, 0.15) is 17.3 Å². The Labute approximate surface area is 188 Å². The van der Waals surface area contributed by atoms with Gasteiger partial charge in [-0.3, -0.25) is 4.57 Å². The molecule has 158 valence electrons. The van der Waals surface area contributed by atoms with Gasteiger partial charge in [-0.25, -0.2) is 4.39 Å². The number of rotatable bonds is 7. The number of para-hydroxylation sites is 1. The maximum absolute atomic E-state index is 13.4. The molecule has 0 bridgehead atoms. The van der Waals surface area contributed by atoms with Crippen LogP contribution < -0.4 is 9.47 Å². The van der Waals surface area contributed by atoms with Crippen LogP contribution in [0.2, 0.25) is 5.02 Å². The molecular weight excluding hydrogens is 437 g/mol. The molecule has 0 atom stereocenters. The normalized spacial score (nSPS) is 10.8. The summed E-state index contributed by atoms with van der Waals surface area (Å²) in [6, 6.07) is 19.7. The molecule has 1 aromatic heterocycles. The molecule has 0 unspecified atom stereocenters. The highest BCUT2D eigenvalue weighted by molar-refractivity contribution is 7.98. The maximum Gasteiger partial charge on any atom is 0.196 e. The van der Waals surface area contributed by atoms with Crippen LogP contribution in [0.3, 0.4) is 0 Å². The second kappa shape index (κ2) is 9.41. The van der Waals surface area contributed by atoms with Gasteiger partial charge < -0.3 is 9.47 Å². The van der Waals surface area contributed by atoms with Crippen molar-refractivity contribution in [3.05, 3.63) is 83.1 Å². The fourth-order valence-corrected chi connectivity index (χ4v) is 4.38. The summed E-state index contributed by atoms with van der Waals surface area (Å²) in [5, 5.41) is 9.93. The van der Waals surface area contributed by atoms with Crippen molar-refractivity contribution in [2.24, 2.45) is 0 Å². The fourth-order valence-electron chi connectivity index (χ4n) is 3.11. The highest BCUT2D eigenvalue weighted by atomic mass is 35.5. The van der Waals surface area contributed by atoms with Crippen LogP contribution in [0.5, 0.6) is 11.5 Å². The smallest absolute Gasteiger partial charge is 0.196 e. The Morgan fingerprint density at radius 3 is 2.45 bits per heavy atom. The fraction of sp³-hybridized carbons (Fsp3) is 0.130. The van der Waals surface area contributed by atoms with Crippen molar-refractivity contribution in [3.63, 3.8) is 0 Å². The molecule has 31 heavy (non-hydrogen) atoms. The molecule has 1 heterocycles. The highest BCUT2D eigenvalue weighted by Crippen LogP contribution is 2.35. The first kappa shape index (κ1) is 21.2. The van der Waals surface area contributed by atoms with Crippen molar-refractivity contribution < 1.29 is 13.9 Å². The topological polar surface area (TPSA) is 49.2 Å². The van der Waals surface area contributed by atoms with Crippen LogP contribution in [-0.2, 0) is 5.75 Å². The predicted octanol–water partition coefficient (Wildman–Crippen LogP) is 6.04. The van der Waals surface area contributed by atoms with Gasteiger partial charge in [-0.2, -0.15) is 0 Å². The number of hydrogen-bond donors (Lipinski definition) is 0. The zero-order valence-electron chi connectivity index (χ0n) is 16.9. The lowest BCUT2D eigenvalue weighted by Crippen LogP contribution is -2.01. The van der Waals surface area contributed by atoms with Crippen molar-refractivity contribution in [2.45, 2.75) is 10.9 Å². The number of thioether (sulfide) groups is 1. The molecule has 0 fully saturated rings. The molecule has 0 aliphatic rings. The predicted molar refractivity (Wildman–Crippen MR) is 121 cm³/mol. The zero-order chi connectivity index (χ0) is 21.8. The van der Waals surface area contributed by atoms with Crippen molar-refractivity contribution in [1.29, 1.82) is 0 Å². The minimum absolute atomic E-state index is 0.362. The lowest BCUT2D eigenvalue weighted by molar-refractivity contribution is 0.414. The summed E-state index contributed by atoms with van der Waals surface area (Å²) in [6.45, 7) is 0. The van der Waals surface area contributed by atoms with E-state index in [1.807, 2.05) is 53.1 Å². The van der Waals surface area contributed by atoms with Crippen molar-refractivity contribution >= 4 is 23.4 Å². The van der Waals surface area contributed by atoms with Crippen LogP contribution in [0.1, 0.15) is 5.56 Å². The van der Waals surface area contributed by atoms with Crippen molar-refractivity contribution in [2.75, 3.05) is 14.2 Å². The molecule has 0 aliphatic carbocycles. The summed E-state index contributed by atoms with van der Waals surface area (Å²) < 4.78 is 26.2. The third-order valence-corrected chi connectivity index (χ3v) is 6.01. The summed E-state index contributed by atoms with van der Waals surface area (Å²) in [5.41, 5.74) is 2.51. The summed E-state index contributed by atoms with van der Waals surface area (Å²) in [7, 11) is 3.25. The Morgan fingerprint density at radius 2 is 1.74 bits per heavy atom. The summed E-state index contributed by atoms with van der Waals surface area (Å²) >= 11 is 7.66. The first-order valence-electron chi connectivity index (χ1n) is 9.40. The largest absolute Gasteiger partial charge is 0.497 e. The monoisotopic (exact) mass is 455 g/mol. The molecule has 5 nitrogen and oxygen atoms in total. The highest BCUT2D eigenvalue weighted by Gasteiger charge is 2.19. The number of methoxy groups -OCH3 is 2. The average Bonchev–Trinajstić information content (AvgIpc) is 3.22. The van der Waals surface area contributed by atoms with Gasteiger partial charge in [0, 0.05) is 10.8 Å². The molecule has 0 aliphatic heterocycles. The van der Waals surface area contributed by atoms with E-state index in [2.05, 4.69) is 10.2 Å². The molecule has 3 aromatic carbocycles. The van der Waals surface area contributed by atoms with Crippen LogP contribution in [0.4, 0.5) is 4.39 Å². The molecule has 0 spiro atoms. The lowest BCUT2D eigenvalue weighted by Gasteiger charge is -2.13. The molecule has 4 rings (SSSR count). The Bertz CT molecular complexity index is 1200. The van der Waals surface area contributed by atoms with Gasteiger partial charge in [0.25, 0.3) is 0 Å². The molecule has 0 saturated heterocycles. The maximum atomic E-state index is 13.4. The molecule has 0 saturated carbocycles. The van der Waals surface area contributed by atoms with E-state index in [-0.39, 0.29) is 5.82 Å². The minimum atomic E-state index is -0.362. The standard InChI is InChI=1S/C23H19ClFN3O2S/c1-29-18-11-9-17(10-12-18)28-22(19-5-3-4-6-21(19)30-2)26-27-23(28)31-14-15-7-8-16(25)13-20(15)24/h3-13H,14H2,1-2H3. The molecule has 0 amide bonds. The van der Waals surface area contributed by atoms with Gasteiger partial charge >= 0.3 is 0 Å². The Morgan fingerprint density at radius 1 is 0.968 bits per heavy atom. The average molecular weight is 456 g/mol. The molecular formula is C23H19ClFN3O2S. The Balaban J connectivity index is 1.76. The molecule has 8 heteroatoms. The number of hydrogen-bond acceptors (Lipinski definition) is 5. The van der Waals surface area contributed by atoms with Crippen LogP contribution in [0.15, 0.2) is 71.9 Å². The Kier molecular flexibility index (Phi) is 6.44. The van der Waals surface area contributed by atoms with E-state index in [1.165, 1.54) is 23.9 Å². The van der Waals surface area contributed by atoms with E-state index < -0.39 is 0 Å². The summed E-state index contributed by atoms with van der Waals surface area (Å²) in [5.74, 6) is 2.25. The van der Waals surface area contributed by atoms with E-state index in [9.17, 15) is 4.39 Å². The van der Waals surface area contributed by atoms with E-state index >= 15 is 0 Å². The van der Waals surface area contributed by atoms with Crippen LogP contribution in [-0.4, -0.2) is 29.0 Å². The first-order chi connectivity index (χ1) is 15.1.